The zero-order chi connectivity index (χ0) is 17.1. The number of rotatable bonds is 2. The van der Waals surface area contributed by atoms with Crippen LogP contribution in [0.4, 0.5) is 0 Å². The van der Waals surface area contributed by atoms with Crippen LogP contribution in [0.5, 0.6) is 5.75 Å². The Morgan fingerprint density at radius 2 is 2.08 bits per heavy atom. The largest absolute Gasteiger partial charge is 0.487 e. The summed E-state index contributed by atoms with van der Waals surface area (Å²) in [5.41, 5.74) is 0.794. The number of hydrogen-bond acceptors (Lipinski definition) is 4. The van der Waals surface area contributed by atoms with Crippen LogP contribution < -0.4 is 4.74 Å². The molecule has 0 radical (unpaired) electrons. The van der Waals surface area contributed by atoms with Crippen LogP contribution in [0.15, 0.2) is 24.3 Å². The number of para-hydroxylation sites is 1. The Balaban J connectivity index is 1.76. The fourth-order valence-electron chi connectivity index (χ4n) is 5.49. The fourth-order valence-corrected chi connectivity index (χ4v) is 5.49. The summed E-state index contributed by atoms with van der Waals surface area (Å²) in [6.45, 7) is 9.30. The Labute approximate surface area is 143 Å². The Morgan fingerprint density at radius 1 is 1.33 bits per heavy atom. The van der Waals surface area contributed by atoms with Crippen molar-refractivity contribution in [1.82, 2.24) is 0 Å². The van der Waals surface area contributed by atoms with Gasteiger partial charge in [-0.2, -0.15) is 0 Å². The standard InChI is InChI=1S/C20H26O4/c1-12-9-19(4)17-13(2)20(12,10-22-14(3)21)11-23-18(17)15-7-5-6-8-16(15)24-19/h5-8,12-13,17-18H,9-11H2,1-4H3/t12-,13+,17-,18+,19+,20+/m0/s1. The van der Waals surface area contributed by atoms with Gasteiger partial charge < -0.3 is 14.2 Å². The summed E-state index contributed by atoms with van der Waals surface area (Å²) in [6.07, 6.45) is 1.02. The summed E-state index contributed by atoms with van der Waals surface area (Å²) in [5, 5.41) is 0. The summed E-state index contributed by atoms with van der Waals surface area (Å²) in [6, 6.07) is 8.23. The average Bonchev–Trinajstić information content (AvgIpc) is 2.52. The molecular formula is C20H26O4. The van der Waals surface area contributed by atoms with E-state index in [1.807, 2.05) is 18.2 Å². The van der Waals surface area contributed by atoms with Crippen LogP contribution in [-0.2, 0) is 14.3 Å². The average molecular weight is 330 g/mol. The number of carbonyl (C=O) groups is 1. The van der Waals surface area contributed by atoms with E-state index in [4.69, 9.17) is 14.2 Å². The Bertz CT molecular complexity index is 671. The molecule has 4 nitrogen and oxygen atoms in total. The lowest BCUT2D eigenvalue weighted by Gasteiger charge is -2.63. The molecule has 2 aliphatic heterocycles. The second kappa shape index (κ2) is 5.22. The second-order valence-corrected chi connectivity index (χ2v) is 8.12. The number of fused-ring (bicyclic) bond motifs is 3. The molecule has 1 aromatic rings. The maximum Gasteiger partial charge on any atom is 0.302 e. The van der Waals surface area contributed by atoms with E-state index in [2.05, 4.69) is 26.8 Å². The van der Waals surface area contributed by atoms with Crippen LogP contribution in [0.1, 0.15) is 45.8 Å². The Morgan fingerprint density at radius 3 is 2.83 bits per heavy atom. The fraction of sp³-hybridized carbons (Fsp3) is 0.650. The van der Waals surface area contributed by atoms with Crippen molar-refractivity contribution in [1.29, 1.82) is 0 Å². The minimum Gasteiger partial charge on any atom is -0.487 e. The molecule has 0 amide bonds. The van der Waals surface area contributed by atoms with Crippen molar-refractivity contribution in [3.63, 3.8) is 0 Å². The van der Waals surface area contributed by atoms with E-state index in [9.17, 15) is 4.79 Å². The zero-order valence-corrected chi connectivity index (χ0v) is 14.9. The van der Waals surface area contributed by atoms with Crippen LogP contribution in [0, 0.1) is 23.2 Å². The zero-order valence-electron chi connectivity index (χ0n) is 14.9. The van der Waals surface area contributed by atoms with Crippen molar-refractivity contribution in [2.75, 3.05) is 13.2 Å². The van der Waals surface area contributed by atoms with Crippen LogP contribution in [-0.4, -0.2) is 24.8 Å². The molecule has 1 aromatic carbocycles. The molecule has 0 aromatic heterocycles. The Hall–Kier alpha value is -1.55. The van der Waals surface area contributed by atoms with Gasteiger partial charge in [-0.05, 0) is 31.2 Å². The molecule has 2 fully saturated rings. The highest BCUT2D eigenvalue weighted by Gasteiger charge is 2.64. The van der Waals surface area contributed by atoms with Gasteiger partial charge >= 0.3 is 5.97 Å². The van der Waals surface area contributed by atoms with E-state index in [1.54, 1.807) is 0 Å². The normalized spacial score (nSPS) is 42.7. The molecule has 1 saturated carbocycles. The second-order valence-electron chi connectivity index (χ2n) is 8.12. The maximum atomic E-state index is 11.4. The first-order chi connectivity index (χ1) is 11.4. The van der Waals surface area contributed by atoms with Crippen LogP contribution in [0.2, 0.25) is 0 Å². The van der Waals surface area contributed by atoms with Crippen molar-refractivity contribution in [3.05, 3.63) is 29.8 Å². The first-order valence-electron chi connectivity index (χ1n) is 8.90. The van der Waals surface area contributed by atoms with Crippen LogP contribution >= 0.6 is 0 Å². The van der Waals surface area contributed by atoms with Crippen molar-refractivity contribution >= 4 is 5.97 Å². The molecule has 0 N–H and O–H groups in total. The van der Waals surface area contributed by atoms with Crippen molar-refractivity contribution in [2.45, 2.75) is 45.8 Å². The van der Waals surface area contributed by atoms with Crippen molar-refractivity contribution in [3.8, 4) is 5.75 Å². The van der Waals surface area contributed by atoms with Gasteiger partial charge in [-0.25, -0.2) is 0 Å². The molecule has 1 saturated heterocycles. The molecule has 2 heterocycles. The van der Waals surface area contributed by atoms with Crippen LogP contribution in [0.3, 0.4) is 0 Å². The SMILES string of the molecule is CC(=O)OC[C@@]12CO[C@@H]3c4ccccc4O[C@](C)(C[C@@H]1C)[C@H]3[C@H]2C. The number of hydrogen-bond donors (Lipinski definition) is 0. The van der Waals surface area contributed by atoms with Gasteiger partial charge in [0.15, 0.2) is 0 Å². The minimum atomic E-state index is -0.238. The van der Waals surface area contributed by atoms with Gasteiger partial charge in [0.1, 0.15) is 11.4 Å². The molecule has 0 unspecified atom stereocenters. The summed E-state index contributed by atoms with van der Waals surface area (Å²) >= 11 is 0. The predicted octanol–water partition coefficient (Wildman–Crippen LogP) is 3.75. The third-order valence-electron chi connectivity index (χ3n) is 6.81. The molecular weight excluding hydrogens is 304 g/mol. The lowest BCUT2D eigenvalue weighted by Crippen LogP contribution is -2.66. The highest BCUT2D eigenvalue weighted by atomic mass is 16.5. The smallest absolute Gasteiger partial charge is 0.302 e. The van der Waals surface area contributed by atoms with E-state index in [0.29, 0.717) is 25.0 Å². The quantitative estimate of drug-likeness (QED) is 0.775. The maximum absolute atomic E-state index is 11.4. The molecule has 4 rings (SSSR count). The van der Waals surface area contributed by atoms with E-state index >= 15 is 0 Å². The van der Waals surface area contributed by atoms with E-state index in [-0.39, 0.29) is 29.0 Å². The number of carbonyl (C=O) groups excluding carboxylic acids is 1. The van der Waals surface area contributed by atoms with Gasteiger partial charge in [-0.15, -0.1) is 0 Å². The molecule has 1 aliphatic carbocycles. The molecule has 3 aliphatic rings. The van der Waals surface area contributed by atoms with Gasteiger partial charge in [0.05, 0.1) is 19.3 Å². The van der Waals surface area contributed by atoms with Gasteiger partial charge in [0.2, 0.25) is 0 Å². The topological polar surface area (TPSA) is 44.8 Å². The van der Waals surface area contributed by atoms with Gasteiger partial charge in [-0.3, -0.25) is 4.79 Å². The van der Waals surface area contributed by atoms with E-state index in [0.717, 1.165) is 17.7 Å². The lowest BCUT2D eigenvalue weighted by atomic mass is 9.50. The van der Waals surface area contributed by atoms with E-state index in [1.165, 1.54) is 6.92 Å². The lowest BCUT2D eigenvalue weighted by molar-refractivity contribution is -0.261. The number of benzene rings is 1. The van der Waals surface area contributed by atoms with Crippen molar-refractivity contribution in [2.24, 2.45) is 23.2 Å². The van der Waals surface area contributed by atoms with E-state index < -0.39 is 0 Å². The number of ether oxygens (including phenoxy) is 3. The minimum absolute atomic E-state index is 0.0629. The summed E-state index contributed by atoms with van der Waals surface area (Å²) < 4.78 is 18.4. The molecule has 6 atom stereocenters. The molecule has 2 bridgehead atoms. The third-order valence-corrected chi connectivity index (χ3v) is 6.81. The summed E-state index contributed by atoms with van der Waals surface area (Å²) in [4.78, 5) is 11.4. The van der Waals surface area contributed by atoms with Gasteiger partial charge in [-0.1, -0.05) is 32.0 Å². The highest BCUT2D eigenvalue weighted by Crippen LogP contribution is 2.63. The summed E-state index contributed by atoms with van der Waals surface area (Å²) in [7, 11) is 0. The molecule has 24 heavy (non-hydrogen) atoms. The van der Waals surface area contributed by atoms with Crippen LogP contribution in [0.25, 0.3) is 0 Å². The van der Waals surface area contributed by atoms with Gasteiger partial charge in [0, 0.05) is 23.8 Å². The molecule has 0 spiro atoms. The Kier molecular flexibility index (Phi) is 3.47. The van der Waals surface area contributed by atoms with Gasteiger partial charge in [0.25, 0.3) is 0 Å². The number of esters is 1. The predicted molar refractivity (Wildman–Crippen MR) is 89.7 cm³/mol. The monoisotopic (exact) mass is 330 g/mol. The van der Waals surface area contributed by atoms with Crippen molar-refractivity contribution < 1.29 is 19.0 Å². The highest BCUT2D eigenvalue weighted by molar-refractivity contribution is 5.65. The summed E-state index contributed by atoms with van der Waals surface area (Å²) in [5.74, 6) is 1.73. The third kappa shape index (κ3) is 2.05. The molecule has 4 heteroatoms. The first kappa shape index (κ1) is 15.9. The molecule has 130 valence electrons. The first-order valence-corrected chi connectivity index (χ1v) is 8.90.